The summed E-state index contributed by atoms with van der Waals surface area (Å²) < 4.78 is 40.5. The molecule has 1 heterocycles. The van der Waals surface area contributed by atoms with Gasteiger partial charge in [-0.3, -0.25) is 0 Å². The summed E-state index contributed by atoms with van der Waals surface area (Å²) in [6.07, 6.45) is 18.2. The summed E-state index contributed by atoms with van der Waals surface area (Å²) in [4.78, 5) is 0. The van der Waals surface area contributed by atoms with Crippen molar-refractivity contribution in [3.8, 4) is 16.9 Å². The number of allylic oxidation sites excluding steroid dienone is 2. The fourth-order valence-electron chi connectivity index (χ4n) is 7.47. The zero-order valence-electron chi connectivity index (χ0n) is 23.1. The second kappa shape index (κ2) is 12.8. The molecule has 2 nitrogen and oxygen atoms in total. The van der Waals surface area contributed by atoms with Crippen molar-refractivity contribution in [1.29, 1.82) is 0 Å². The van der Waals surface area contributed by atoms with Crippen molar-refractivity contribution >= 4 is 0 Å². The number of rotatable bonds is 7. The molecular formula is C34H44F2O2. The zero-order valence-corrected chi connectivity index (χ0v) is 23.1. The topological polar surface area (TPSA) is 18.5 Å². The predicted molar refractivity (Wildman–Crippen MR) is 150 cm³/mol. The number of hydrogen-bond donors (Lipinski definition) is 0. The zero-order chi connectivity index (χ0) is 26.5. The molecule has 1 saturated heterocycles. The highest BCUT2D eigenvalue weighted by Gasteiger charge is 2.35. The van der Waals surface area contributed by atoms with E-state index in [1.165, 1.54) is 63.9 Å². The van der Waals surface area contributed by atoms with Crippen molar-refractivity contribution in [1.82, 2.24) is 0 Å². The normalized spacial score (nSPS) is 30.4. The molecule has 2 aliphatic carbocycles. The first-order valence-corrected chi connectivity index (χ1v) is 15.0. The lowest BCUT2D eigenvalue weighted by Crippen LogP contribution is -2.32. The molecule has 2 aromatic carbocycles. The third-order valence-corrected chi connectivity index (χ3v) is 9.68. The van der Waals surface area contributed by atoms with Gasteiger partial charge in [0, 0.05) is 5.56 Å². The van der Waals surface area contributed by atoms with E-state index in [2.05, 4.69) is 19.1 Å². The lowest BCUT2D eigenvalue weighted by atomic mass is 9.66. The van der Waals surface area contributed by atoms with E-state index in [1.807, 2.05) is 24.3 Å². The first-order chi connectivity index (χ1) is 18.6. The van der Waals surface area contributed by atoms with E-state index in [1.54, 1.807) is 13.0 Å². The van der Waals surface area contributed by atoms with Crippen LogP contribution >= 0.6 is 0 Å². The van der Waals surface area contributed by atoms with Crippen LogP contribution in [0.3, 0.4) is 0 Å². The Morgan fingerprint density at radius 2 is 1.37 bits per heavy atom. The first-order valence-electron chi connectivity index (χ1n) is 15.0. The third-order valence-electron chi connectivity index (χ3n) is 9.68. The van der Waals surface area contributed by atoms with Crippen LogP contribution in [0, 0.1) is 41.2 Å². The van der Waals surface area contributed by atoms with Gasteiger partial charge in [-0.25, -0.2) is 4.39 Å². The van der Waals surface area contributed by atoms with Crippen LogP contribution in [0.4, 0.5) is 8.78 Å². The number of ether oxygens (including phenoxy) is 2. The Hall–Kier alpha value is -2.20. The van der Waals surface area contributed by atoms with Gasteiger partial charge in [0.1, 0.15) is 0 Å². The molecule has 3 aliphatic rings. The highest BCUT2D eigenvalue weighted by molar-refractivity contribution is 5.65. The van der Waals surface area contributed by atoms with Crippen LogP contribution in [0.25, 0.3) is 11.1 Å². The van der Waals surface area contributed by atoms with Gasteiger partial charge >= 0.3 is 0 Å². The van der Waals surface area contributed by atoms with Gasteiger partial charge in [-0.1, -0.05) is 36.4 Å². The van der Waals surface area contributed by atoms with Gasteiger partial charge in [0.2, 0.25) is 5.82 Å². The van der Waals surface area contributed by atoms with Gasteiger partial charge in [-0.15, -0.1) is 0 Å². The Labute approximate surface area is 227 Å². The predicted octanol–water partition coefficient (Wildman–Crippen LogP) is 9.69. The fraction of sp³-hybridized carbons (Fsp3) is 0.588. The highest BCUT2D eigenvalue weighted by Crippen LogP contribution is 2.45. The highest BCUT2D eigenvalue weighted by atomic mass is 19.2. The van der Waals surface area contributed by atoms with Crippen molar-refractivity contribution in [3.63, 3.8) is 0 Å². The standard InChI is InChI=1S/C34H44F2O2/c1-3-5-23-6-8-24(9-7-23)25-10-12-26(13-11-25)29-18-20-31(38-22-29)28-16-14-27(15-17-28)30-19-21-32(37-4-2)34(36)33(30)35/h3,5,14-17,19,21,23-26,29,31H,4,6-13,18,20,22H2,1-2H3/b5-3+. The third kappa shape index (κ3) is 6.17. The van der Waals surface area contributed by atoms with E-state index in [9.17, 15) is 8.78 Å². The minimum atomic E-state index is -0.930. The molecule has 2 saturated carbocycles. The van der Waals surface area contributed by atoms with E-state index >= 15 is 0 Å². The Bertz CT molecular complexity index is 1050. The quantitative estimate of drug-likeness (QED) is 0.337. The molecule has 4 heteroatoms. The molecule has 0 bridgehead atoms. The Kier molecular flexibility index (Phi) is 9.20. The molecule has 2 aromatic rings. The van der Waals surface area contributed by atoms with Gasteiger partial charge in [-0.05, 0) is 131 Å². The van der Waals surface area contributed by atoms with Crippen LogP contribution < -0.4 is 4.74 Å². The van der Waals surface area contributed by atoms with E-state index in [0.29, 0.717) is 18.1 Å². The van der Waals surface area contributed by atoms with E-state index in [4.69, 9.17) is 9.47 Å². The molecule has 0 N–H and O–H groups in total. The minimum absolute atomic E-state index is 0.0452. The van der Waals surface area contributed by atoms with Gasteiger partial charge in [-0.2, -0.15) is 4.39 Å². The van der Waals surface area contributed by atoms with Gasteiger partial charge in [0.15, 0.2) is 11.6 Å². The molecule has 1 aliphatic heterocycles. The summed E-state index contributed by atoms with van der Waals surface area (Å²) in [5, 5.41) is 0. The molecule has 5 rings (SSSR count). The molecule has 2 atom stereocenters. The summed E-state index contributed by atoms with van der Waals surface area (Å²) in [7, 11) is 0. The second-order valence-electron chi connectivity index (χ2n) is 11.8. The second-order valence-corrected chi connectivity index (χ2v) is 11.8. The van der Waals surface area contributed by atoms with Gasteiger partial charge in [0.25, 0.3) is 0 Å². The Morgan fingerprint density at radius 3 is 1.95 bits per heavy atom. The van der Waals surface area contributed by atoms with Gasteiger partial charge < -0.3 is 9.47 Å². The largest absolute Gasteiger partial charge is 0.491 e. The van der Waals surface area contributed by atoms with Crippen LogP contribution in [0.15, 0.2) is 48.6 Å². The van der Waals surface area contributed by atoms with Crippen LogP contribution in [0.5, 0.6) is 5.75 Å². The molecule has 38 heavy (non-hydrogen) atoms. The lowest BCUT2D eigenvalue weighted by molar-refractivity contribution is -0.0420. The average Bonchev–Trinajstić information content (AvgIpc) is 2.97. The molecule has 3 fully saturated rings. The maximum atomic E-state index is 14.6. The van der Waals surface area contributed by atoms with Crippen molar-refractivity contribution < 1.29 is 18.3 Å². The molecule has 206 valence electrons. The molecule has 0 radical (unpaired) electrons. The average molecular weight is 523 g/mol. The monoisotopic (exact) mass is 522 g/mol. The minimum Gasteiger partial charge on any atom is -0.491 e. The maximum absolute atomic E-state index is 14.6. The molecule has 0 amide bonds. The fourth-order valence-corrected chi connectivity index (χ4v) is 7.47. The van der Waals surface area contributed by atoms with E-state index in [-0.39, 0.29) is 17.4 Å². The lowest BCUT2D eigenvalue weighted by Gasteiger charge is -2.41. The number of benzene rings is 2. The number of hydrogen-bond acceptors (Lipinski definition) is 2. The Morgan fingerprint density at radius 1 is 0.763 bits per heavy atom. The van der Waals surface area contributed by atoms with Crippen LogP contribution in [0.1, 0.15) is 89.7 Å². The molecular weight excluding hydrogens is 478 g/mol. The van der Waals surface area contributed by atoms with Crippen LogP contribution in [-0.2, 0) is 4.74 Å². The summed E-state index contributed by atoms with van der Waals surface area (Å²) >= 11 is 0. The van der Waals surface area contributed by atoms with Crippen LogP contribution in [0.2, 0.25) is 0 Å². The summed E-state index contributed by atoms with van der Waals surface area (Å²) in [6, 6.07) is 10.8. The molecule has 0 aromatic heterocycles. The summed E-state index contributed by atoms with van der Waals surface area (Å²) in [6.45, 7) is 5.04. The van der Waals surface area contributed by atoms with Crippen molar-refractivity contribution in [3.05, 3.63) is 65.7 Å². The van der Waals surface area contributed by atoms with Crippen molar-refractivity contribution in [2.24, 2.45) is 29.6 Å². The van der Waals surface area contributed by atoms with Crippen LogP contribution in [-0.4, -0.2) is 13.2 Å². The number of halogens is 2. The Balaban J connectivity index is 1.10. The van der Waals surface area contributed by atoms with Gasteiger partial charge in [0.05, 0.1) is 19.3 Å². The summed E-state index contributed by atoms with van der Waals surface area (Å²) in [5.74, 6) is 2.38. The maximum Gasteiger partial charge on any atom is 0.201 e. The smallest absolute Gasteiger partial charge is 0.201 e. The molecule has 0 spiro atoms. The molecule has 2 unspecified atom stereocenters. The van der Waals surface area contributed by atoms with Crippen molar-refractivity contribution in [2.75, 3.05) is 13.2 Å². The SMILES string of the molecule is C/C=C/C1CCC(C2CCC(C3CCC(c4ccc(-c5ccc(OCC)c(F)c5F)cc4)OC3)CC2)CC1. The first kappa shape index (κ1) is 27.4. The summed E-state index contributed by atoms with van der Waals surface area (Å²) in [5.41, 5.74) is 2.04. The van der Waals surface area contributed by atoms with E-state index in [0.717, 1.165) is 42.3 Å². The van der Waals surface area contributed by atoms with E-state index < -0.39 is 11.6 Å². The van der Waals surface area contributed by atoms with Crippen molar-refractivity contribution in [2.45, 2.75) is 84.2 Å².